The van der Waals surface area contributed by atoms with Gasteiger partial charge in [0, 0.05) is 23.8 Å². The Kier molecular flexibility index (Phi) is 6.93. The smallest absolute Gasteiger partial charge is 0.239 e. The molecule has 3 rings (SSSR count). The van der Waals surface area contributed by atoms with E-state index >= 15 is 0 Å². The van der Waals surface area contributed by atoms with E-state index in [4.69, 9.17) is 16.3 Å². The fourth-order valence-corrected chi connectivity index (χ4v) is 3.28. The molecule has 0 spiro atoms. The summed E-state index contributed by atoms with van der Waals surface area (Å²) in [4.78, 5) is 26.8. The van der Waals surface area contributed by atoms with Crippen molar-refractivity contribution in [1.29, 1.82) is 0 Å². The Morgan fingerprint density at radius 1 is 1.18 bits per heavy atom. The molecule has 2 amide bonds. The van der Waals surface area contributed by atoms with Crippen LogP contribution in [0.3, 0.4) is 0 Å². The summed E-state index contributed by atoms with van der Waals surface area (Å²) in [5.74, 6) is -0.218. The Hall–Kier alpha value is -2.53. The first kappa shape index (κ1) is 20.2. The lowest BCUT2D eigenvalue weighted by molar-refractivity contribution is -0.132. The van der Waals surface area contributed by atoms with Crippen molar-refractivity contribution in [3.8, 4) is 5.75 Å². The predicted molar refractivity (Wildman–Crippen MR) is 111 cm³/mol. The largest absolute Gasteiger partial charge is 0.494 e. The van der Waals surface area contributed by atoms with E-state index in [1.165, 1.54) is 0 Å². The average Bonchev–Trinajstić information content (AvgIpc) is 3.09. The molecule has 148 valence electrons. The molecular formula is C22H25ClN2O3. The van der Waals surface area contributed by atoms with E-state index in [1.807, 2.05) is 24.3 Å². The fourth-order valence-electron chi connectivity index (χ4n) is 3.15. The second-order valence-electron chi connectivity index (χ2n) is 6.87. The monoisotopic (exact) mass is 400 g/mol. The lowest BCUT2D eigenvalue weighted by Gasteiger charge is -2.17. The standard InChI is InChI=1S/C22H25ClN2O3/c1-2-3-14-28-19-10-4-16(5-11-19)15-24-21(26)20-12-13-25(22(20)27)18-8-6-17(23)7-9-18/h4-11,20H,2-3,12-15H2,1H3,(H,24,26). The van der Waals surface area contributed by atoms with Crippen LogP contribution in [-0.4, -0.2) is 25.0 Å². The van der Waals surface area contributed by atoms with Crippen LogP contribution in [0.25, 0.3) is 0 Å². The number of nitrogens with one attached hydrogen (secondary N) is 1. The molecule has 0 aliphatic carbocycles. The minimum Gasteiger partial charge on any atom is -0.494 e. The van der Waals surface area contributed by atoms with E-state index in [0.29, 0.717) is 31.1 Å². The van der Waals surface area contributed by atoms with Gasteiger partial charge in [0.1, 0.15) is 11.7 Å². The highest BCUT2D eigenvalue weighted by atomic mass is 35.5. The Balaban J connectivity index is 1.51. The van der Waals surface area contributed by atoms with E-state index in [1.54, 1.807) is 29.2 Å². The highest BCUT2D eigenvalue weighted by Gasteiger charge is 2.37. The summed E-state index contributed by atoms with van der Waals surface area (Å²) < 4.78 is 5.64. The first-order valence-corrected chi connectivity index (χ1v) is 10.0. The molecule has 5 nitrogen and oxygen atoms in total. The number of nitrogens with zero attached hydrogens (tertiary/aromatic N) is 1. The molecule has 0 bridgehead atoms. The Morgan fingerprint density at radius 2 is 1.89 bits per heavy atom. The first-order valence-electron chi connectivity index (χ1n) is 9.65. The zero-order valence-corrected chi connectivity index (χ0v) is 16.7. The number of anilines is 1. The Morgan fingerprint density at radius 3 is 2.57 bits per heavy atom. The summed E-state index contributed by atoms with van der Waals surface area (Å²) in [6.45, 7) is 3.75. The van der Waals surface area contributed by atoms with Gasteiger partial charge in [0.25, 0.3) is 0 Å². The summed E-state index contributed by atoms with van der Waals surface area (Å²) in [6, 6.07) is 14.7. The van der Waals surface area contributed by atoms with Crippen LogP contribution in [0, 0.1) is 5.92 Å². The molecule has 0 radical (unpaired) electrons. The number of rotatable bonds is 8. The number of benzene rings is 2. The second-order valence-corrected chi connectivity index (χ2v) is 7.31. The quantitative estimate of drug-likeness (QED) is 0.534. The van der Waals surface area contributed by atoms with Crippen LogP contribution in [-0.2, 0) is 16.1 Å². The third-order valence-electron chi connectivity index (χ3n) is 4.82. The zero-order chi connectivity index (χ0) is 19.9. The van der Waals surface area contributed by atoms with Gasteiger partial charge in [0.05, 0.1) is 6.61 Å². The van der Waals surface area contributed by atoms with Crippen molar-refractivity contribution in [2.24, 2.45) is 5.92 Å². The minimum atomic E-state index is -0.646. The topological polar surface area (TPSA) is 58.6 Å². The molecule has 1 N–H and O–H groups in total. The van der Waals surface area contributed by atoms with Gasteiger partial charge in [-0.2, -0.15) is 0 Å². The van der Waals surface area contributed by atoms with Crippen LogP contribution in [0.5, 0.6) is 5.75 Å². The number of unbranched alkanes of at least 4 members (excludes halogenated alkanes) is 1. The summed E-state index contributed by atoms with van der Waals surface area (Å²) in [6.07, 6.45) is 2.64. The van der Waals surface area contributed by atoms with Crippen LogP contribution in [0.2, 0.25) is 5.02 Å². The molecule has 1 saturated heterocycles. The van der Waals surface area contributed by atoms with E-state index in [2.05, 4.69) is 12.2 Å². The van der Waals surface area contributed by atoms with Crippen molar-refractivity contribution in [3.63, 3.8) is 0 Å². The highest BCUT2D eigenvalue weighted by molar-refractivity contribution is 6.30. The molecule has 2 aromatic carbocycles. The van der Waals surface area contributed by atoms with E-state index in [9.17, 15) is 9.59 Å². The average molecular weight is 401 g/mol. The van der Waals surface area contributed by atoms with Gasteiger partial charge in [-0.15, -0.1) is 0 Å². The Labute approximate surface area is 170 Å². The van der Waals surface area contributed by atoms with Gasteiger partial charge in [-0.1, -0.05) is 37.1 Å². The molecule has 0 aromatic heterocycles. The first-order chi connectivity index (χ1) is 13.6. The molecule has 1 heterocycles. The zero-order valence-electron chi connectivity index (χ0n) is 16.0. The fraction of sp³-hybridized carbons (Fsp3) is 0.364. The number of carbonyl (C=O) groups excluding carboxylic acids is 2. The van der Waals surface area contributed by atoms with Gasteiger partial charge in [-0.25, -0.2) is 0 Å². The van der Waals surface area contributed by atoms with Crippen molar-refractivity contribution >= 4 is 29.1 Å². The predicted octanol–water partition coefficient (Wildman–Crippen LogP) is 4.19. The molecule has 6 heteroatoms. The van der Waals surface area contributed by atoms with Crippen molar-refractivity contribution in [2.45, 2.75) is 32.7 Å². The summed E-state index contributed by atoms with van der Waals surface area (Å²) in [7, 11) is 0. The van der Waals surface area contributed by atoms with E-state index < -0.39 is 5.92 Å². The van der Waals surface area contributed by atoms with Crippen LogP contribution in [0.1, 0.15) is 31.7 Å². The number of hydrogen-bond acceptors (Lipinski definition) is 3. The molecule has 2 aromatic rings. The van der Waals surface area contributed by atoms with Gasteiger partial charge in [-0.3, -0.25) is 9.59 Å². The third-order valence-corrected chi connectivity index (χ3v) is 5.07. The van der Waals surface area contributed by atoms with Crippen LogP contribution in [0.15, 0.2) is 48.5 Å². The molecule has 28 heavy (non-hydrogen) atoms. The van der Waals surface area contributed by atoms with Crippen molar-refractivity contribution < 1.29 is 14.3 Å². The lowest BCUT2D eigenvalue weighted by atomic mass is 10.1. The van der Waals surface area contributed by atoms with Gasteiger partial charge in [-0.05, 0) is 54.8 Å². The SMILES string of the molecule is CCCCOc1ccc(CNC(=O)C2CCN(c3ccc(Cl)cc3)C2=O)cc1. The maximum Gasteiger partial charge on any atom is 0.239 e. The van der Waals surface area contributed by atoms with Gasteiger partial charge in [0.2, 0.25) is 11.8 Å². The summed E-state index contributed by atoms with van der Waals surface area (Å²) in [5, 5.41) is 3.49. The third kappa shape index (κ3) is 5.04. The van der Waals surface area contributed by atoms with Crippen molar-refractivity contribution in [2.75, 3.05) is 18.1 Å². The highest BCUT2D eigenvalue weighted by Crippen LogP contribution is 2.26. The molecule has 1 atom stereocenters. The van der Waals surface area contributed by atoms with Gasteiger partial charge in [0.15, 0.2) is 0 Å². The van der Waals surface area contributed by atoms with E-state index in [-0.39, 0.29) is 11.8 Å². The maximum absolute atomic E-state index is 12.6. The lowest BCUT2D eigenvalue weighted by Crippen LogP contribution is -2.36. The summed E-state index contributed by atoms with van der Waals surface area (Å²) in [5.41, 5.74) is 1.74. The Bertz CT molecular complexity index is 806. The molecule has 0 saturated carbocycles. The molecule has 1 fully saturated rings. The van der Waals surface area contributed by atoms with Crippen LogP contribution < -0.4 is 15.0 Å². The minimum absolute atomic E-state index is 0.167. The van der Waals surface area contributed by atoms with Gasteiger partial charge < -0.3 is 15.0 Å². The number of ether oxygens (including phenoxy) is 1. The summed E-state index contributed by atoms with van der Waals surface area (Å²) >= 11 is 5.90. The molecule has 1 unspecified atom stereocenters. The number of carbonyl (C=O) groups is 2. The van der Waals surface area contributed by atoms with E-state index in [0.717, 1.165) is 29.8 Å². The maximum atomic E-state index is 12.6. The van der Waals surface area contributed by atoms with Crippen molar-refractivity contribution in [1.82, 2.24) is 5.32 Å². The molecule has 1 aliphatic heterocycles. The van der Waals surface area contributed by atoms with Crippen molar-refractivity contribution in [3.05, 3.63) is 59.1 Å². The van der Waals surface area contributed by atoms with Crippen LogP contribution in [0.4, 0.5) is 5.69 Å². The number of hydrogen-bond donors (Lipinski definition) is 1. The number of halogens is 1. The molecule has 1 aliphatic rings. The number of amides is 2. The molecular weight excluding hydrogens is 376 g/mol. The van der Waals surface area contributed by atoms with Gasteiger partial charge >= 0.3 is 0 Å². The second kappa shape index (κ2) is 9.60. The normalized spacial score (nSPS) is 16.3. The van der Waals surface area contributed by atoms with Crippen LogP contribution >= 0.6 is 11.6 Å².